The Morgan fingerprint density at radius 3 is 2.80 bits per heavy atom. The van der Waals surface area contributed by atoms with Gasteiger partial charge >= 0.3 is 0 Å². The van der Waals surface area contributed by atoms with Crippen molar-refractivity contribution in [1.82, 2.24) is 20.2 Å². The Morgan fingerprint density at radius 1 is 1.20 bits per heavy atom. The molecule has 1 aromatic carbocycles. The standard InChI is InChI=1S/C25H27F2N5O2S/c1-34-22-4-2-3-16-5-8-32(15-19(16)22)18-6-9-31(10-7-18)25-30-14-23(35-25)24(33)29-13-21-20(27)11-17(26)12-28-21/h2-4,11-12,14,18H,5-10,13,15H2,1H3,(H,29,33). The zero-order valence-electron chi connectivity index (χ0n) is 19.5. The summed E-state index contributed by atoms with van der Waals surface area (Å²) in [5.41, 5.74) is 2.67. The predicted molar refractivity (Wildman–Crippen MR) is 130 cm³/mol. The van der Waals surface area contributed by atoms with Gasteiger partial charge in [0.2, 0.25) is 0 Å². The molecule has 5 rings (SSSR count). The summed E-state index contributed by atoms with van der Waals surface area (Å²) in [6.45, 7) is 3.59. The minimum absolute atomic E-state index is 0.00971. The highest BCUT2D eigenvalue weighted by atomic mass is 32.1. The van der Waals surface area contributed by atoms with Gasteiger partial charge in [0, 0.05) is 43.9 Å². The second kappa shape index (κ2) is 10.2. The highest BCUT2D eigenvalue weighted by molar-refractivity contribution is 7.17. The van der Waals surface area contributed by atoms with Gasteiger partial charge < -0.3 is 15.0 Å². The number of nitrogens with one attached hydrogen (secondary N) is 1. The second-order valence-corrected chi connectivity index (χ2v) is 9.82. The van der Waals surface area contributed by atoms with E-state index in [1.165, 1.54) is 22.5 Å². The van der Waals surface area contributed by atoms with Crippen molar-refractivity contribution in [3.8, 4) is 5.75 Å². The Bertz CT molecular complexity index is 1200. The highest BCUT2D eigenvalue weighted by Crippen LogP contribution is 2.32. The number of carbonyl (C=O) groups excluding carboxylic acids is 1. The third-order valence-electron chi connectivity index (χ3n) is 6.75. The van der Waals surface area contributed by atoms with E-state index in [0.29, 0.717) is 10.9 Å². The van der Waals surface area contributed by atoms with Gasteiger partial charge in [0.1, 0.15) is 22.3 Å². The number of methoxy groups -OCH3 is 1. The number of hydrogen-bond acceptors (Lipinski definition) is 7. The van der Waals surface area contributed by atoms with Gasteiger partial charge in [0.05, 0.1) is 31.7 Å². The van der Waals surface area contributed by atoms with Gasteiger partial charge in [-0.2, -0.15) is 0 Å². The summed E-state index contributed by atoms with van der Waals surface area (Å²) >= 11 is 1.32. The molecule has 0 spiro atoms. The molecular formula is C25H27F2N5O2S. The quantitative estimate of drug-likeness (QED) is 0.557. The minimum atomic E-state index is -0.784. The first-order chi connectivity index (χ1) is 17.0. The van der Waals surface area contributed by atoms with Crippen LogP contribution in [0.1, 0.15) is 39.3 Å². The van der Waals surface area contributed by atoms with Gasteiger partial charge in [0.25, 0.3) is 5.91 Å². The largest absolute Gasteiger partial charge is 0.496 e. The molecule has 0 unspecified atom stereocenters. The fourth-order valence-corrected chi connectivity index (χ4v) is 5.72. The van der Waals surface area contributed by atoms with E-state index >= 15 is 0 Å². The zero-order valence-corrected chi connectivity index (χ0v) is 20.3. The van der Waals surface area contributed by atoms with Crippen molar-refractivity contribution in [2.75, 3.05) is 31.6 Å². The lowest BCUT2D eigenvalue weighted by molar-refractivity contribution is 0.0954. The number of rotatable bonds is 6. The van der Waals surface area contributed by atoms with Crippen LogP contribution in [0, 0.1) is 11.6 Å². The Morgan fingerprint density at radius 2 is 2.03 bits per heavy atom. The maximum atomic E-state index is 13.7. The molecule has 1 saturated heterocycles. The maximum absolute atomic E-state index is 13.7. The van der Waals surface area contributed by atoms with Crippen LogP contribution in [0.15, 0.2) is 36.7 Å². The number of piperidine rings is 1. The third-order valence-corrected chi connectivity index (χ3v) is 7.81. The maximum Gasteiger partial charge on any atom is 0.263 e. The van der Waals surface area contributed by atoms with Crippen LogP contribution in [0.25, 0.3) is 0 Å². The van der Waals surface area contributed by atoms with Crippen molar-refractivity contribution in [2.24, 2.45) is 0 Å². The summed E-state index contributed by atoms with van der Waals surface area (Å²) in [4.78, 5) is 25.9. The molecule has 3 aromatic rings. The lowest BCUT2D eigenvalue weighted by atomic mass is 9.95. The molecule has 184 valence electrons. The number of carbonyl (C=O) groups is 1. The van der Waals surface area contributed by atoms with Gasteiger partial charge in [-0.25, -0.2) is 13.8 Å². The molecule has 10 heteroatoms. The zero-order chi connectivity index (χ0) is 24.4. The average molecular weight is 500 g/mol. The highest BCUT2D eigenvalue weighted by Gasteiger charge is 2.29. The first-order valence-corrected chi connectivity index (χ1v) is 12.5. The molecule has 2 aliphatic rings. The lowest BCUT2D eigenvalue weighted by Crippen LogP contribution is -2.46. The molecule has 0 saturated carbocycles. The molecule has 35 heavy (non-hydrogen) atoms. The van der Waals surface area contributed by atoms with E-state index in [1.807, 2.05) is 6.07 Å². The van der Waals surface area contributed by atoms with Crippen molar-refractivity contribution in [3.63, 3.8) is 0 Å². The van der Waals surface area contributed by atoms with Crippen molar-refractivity contribution >= 4 is 22.4 Å². The molecular weight excluding hydrogens is 472 g/mol. The molecule has 7 nitrogen and oxygen atoms in total. The lowest BCUT2D eigenvalue weighted by Gasteiger charge is -2.40. The summed E-state index contributed by atoms with van der Waals surface area (Å²) in [5, 5.41) is 3.44. The number of ether oxygens (including phenoxy) is 1. The summed E-state index contributed by atoms with van der Waals surface area (Å²) in [5.74, 6) is -0.918. The molecule has 1 fully saturated rings. The van der Waals surface area contributed by atoms with Crippen molar-refractivity contribution in [2.45, 2.75) is 38.4 Å². The molecule has 1 N–H and O–H groups in total. The summed E-state index contributed by atoms with van der Waals surface area (Å²) in [6.07, 6.45) is 5.57. The van der Waals surface area contributed by atoms with Crippen LogP contribution in [0.4, 0.5) is 13.9 Å². The van der Waals surface area contributed by atoms with Crippen LogP contribution in [0.5, 0.6) is 5.75 Å². The third kappa shape index (κ3) is 5.13. The Labute approximate surface area is 206 Å². The van der Waals surface area contributed by atoms with Gasteiger partial charge in [-0.15, -0.1) is 0 Å². The fourth-order valence-electron chi connectivity index (χ4n) is 4.84. The number of fused-ring (bicyclic) bond motifs is 1. The number of aromatic nitrogens is 2. The summed E-state index contributed by atoms with van der Waals surface area (Å²) in [7, 11) is 1.73. The van der Waals surface area contributed by atoms with Crippen LogP contribution in [-0.2, 0) is 19.5 Å². The molecule has 2 aliphatic heterocycles. The van der Waals surface area contributed by atoms with E-state index in [9.17, 15) is 13.6 Å². The summed E-state index contributed by atoms with van der Waals surface area (Å²) in [6, 6.07) is 7.55. The van der Waals surface area contributed by atoms with Crippen LogP contribution >= 0.6 is 11.3 Å². The second-order valence-electron chi connectivity index (χ2n) is 8.81. The molecule has 0 aliphatic carbocycles. The molecule has 0 radical (unpaired) electrons. The van der Waals surface area contributed by atoms with Gasteiger partial charge in [-0.3, -0.25) is 14.7 Å². The number of pyridine rings is 1. The van der Waals surface area contributed by atoms with E-state index in [0.717, 1.165) is 68.6 Å². The van der Waals surface area contributed by atoms with E-state index in [1.54, 1.807) is 13.3 Å². The number of benzene rings is 1. The Hall–Kier alpha value is -3.11. The first kappa shape index (κ1) is 23.6. The van der Waals surface area contributed by atoms with Crippen LogP contribution in [0.2, 0.25) is 0 Å². The Kier molecular flexibility index (Phi) is 6.92. The van der Waals surface area contributed by atoms with Crippen LogP contribution in [-0.4, -0.2) is 53.6 Å². The average Bonchev–Trinajstić information content (AvgIpc) is 3.38. The fraction of sp³-hybridized carbons (Fsp3) is 0.400. The van der Waals surface area contributed by atoms with Gasteiger partial charge in [0.15, 0.2) is 5.13 Å². The number of hydrogen-bond donors (Lipinski definition) is 1. The normalized spacial score (nSPS) is 16.7. The molecule has 4 heterocycles. The Balaban J connectivity index is 1.15. The number of thiazole rings is 1. The number of halogens is 2. The predicted octanol–water partition coefficient (Wildman–Crippen LogP) is 3.78. The van der Waals surface area contributed by atoms with E-state index in [-0.39, 0.29) is 18.1 Å². The molecule has 2 aromatic heterocycles. The van der Waals surface area contributed by atoms with Crippen LogP contribution in [0.3, 0.4) is 0 Å². The van der Waals surface area contributed by atoms with Crippen molar-refractivity contribution < 1.29 is 18.3 Å². The van der Waals surface area contributed by atoms with E-state index in [2.05, 4.69) is 37.2 Å². The number of amides is 1. The topological polar surface area (TPSA) is 70.6 Å². The molecule has 0 atom stereocenters. The smallest absolute Gasteiger partial charge is 0.263 e. The molecule has 1 amide bonds. The number of anilines is 1. The molecule has 0 bridgehead atoms. The van der Waals surface area contributed by atoms with Crippen LogP contribution < -0.4 is 15.0 Å². The minimum Gasteiger partial charge on any atom is -0.496 e. The SMILES string of the molecule is COc1cccc2c1CN(C1CCN(c3ncc(C(=O)NCc4ncc(F)cc4F)s3)CC1)CC2. The van der Waals surface area contributed by atoms with Gasteiger partial charge in [-0.05, 0) is 30.9 Å². The van der Waals surface area contributed by atoms with Crippen molar-refractivity contribution in [1.29, 1.82) is 0 Å². The van der Waals surface area contributed by atoms with Crippen molar-refractivity contribution in [3.05, 3.63) is 70.0 Å². The summed E-state index contributed by atoms with van der Waals surface area (Å²) < 4.78 is 32.3. The monoisotopic (exact) mass is 499 g/mol. The first-order valence-electron chi connectivity index (χ1n) is 11.7. The van der Waals surface area contributed by atoms with E-state index in [4.69, 9.17) is 4.74 Å². The number of nitrogens with zero attached hydrogens (tertiary/aromatic N) is 4. The van der Waals surface area contributed by atoms with Gasteiger partial charge in [-0.1, -0.05) is 23.5 Å². The van der Waals surface area contributed by atoms with E-state index < -0.39 is 11.6 Å².